The molecule has 0 radical (unpaired) electrons. The Morgan fingerprint density at radius 1 is 1.03 bits per heavy atom. The zero-order valence-corrected chi connectivity index (χ0v) is 21.6. The predicted octanol–water partition coefficient (Wildman–Crippen LogP) is 7.28. The van der Waals surface area contributed by atoms with Gasteiger partial charge in [-0.15, -0.1) is 0 Å². The highest BCUT2D eigenvalue weighted by Gasteiger charge is 2.35. The number of ether oxygens (including phenoxy) is 2. The van der Waals surface area contributed by atoms with Crippen molar-refractivity contribution in [2.24, 2.45) is 5.41 Å². The van der Waals surface area contributed by atoms with Crippen molar-refractivity contribution in [2.75, 3.05) is 26.4 Å². The number of nitrogens with zero attached hydrogens (tertiary/aromatic N) is 2. The molecular formula is C24H39N2O6P. The van der Waals surface area contributed by atoms with Crippen LogP contribution in [0.3, 0.4) is 0 Å². The van der Waals surface area contributed by atoms with Crippen molar-refractivity contribution in [3.63, 3.8) is 0 Å². The van der Waals surface area contributed by atoms with Gasteiger partial charge in [-0.2, -0.15) is 0 Å². The molecule has 0 amide bonds. The second-order valence-electron chi connectivity index (χ2n) is 8.90. The summed E-state index contributed by atoms with van der Waals surface area (Å²) in [6.07, 6.45) is 5.38. The molecular weight excluding hydrogens is 443 g/mol. The highest BCUT2D eigenvalue weighted by Crippen LogP contribution is 2.47. The Balaban J connectivity index is 3.28. The van der Waals surface area contributed by atoms with Crippen molar-refractivity contribution >= 4 is 14.7 Å². The Bertz CT molecular complexity index is 761. The molecule has 2 atom stereocenters. The molecule has 0 aliphatic rings. The van der Waals surface area contributed by atoms with Crippen LogP contribution in [0.15, 0.2) is 12.1 Å². The Kier molecular flexibility index (Phi) is 13.9. The van der Waals surface area contributed by atoms with E-state index in [1.54, 1.807) is 6.07 Å². The molecule has 2 unspecified atom stereocenters. The van der Waals surface area contributed by atoms with Gasteiger partial charge in [-0.3, -0.25) is 10.1 Å². The van der Waals surface area contributed by atoms with Gasteiger partial charge in [-0.1, -0.05) is 60.3 Å². The summed E-state index contributed by atoms with van der Waals surface area (Å²) in [5, 5.41) is 12.0. The first-order chi connectivity index (χ1) is 15.8. The van der Waals surface area contributed by atoms with Gasteiger partial charge in [0.1, 0.15) is 12.7 Å². The smallest absolute Gasteiger partial charge is 0.279 e. The predicted molar refractivity (Wildman–Crippen MR) is 132 cm³/mol. The van der Waals surface area contributed by atoms with Crippen LogP contribution in [0, 0.1) is 22.1 Å². The molecule has 1 aromatic carbocycles. The molecule has 33 heavy (non-hydrogen) atoms. The summed E-state index contributed by atoms with van der Waals surface area (Å²) in [5.74, 6) is 0.889. The third-order valence-electron chi connectivity index (χ3n) is 4.90. The molecule has 0 aliphatic heterocycles. The molecule has 0 N–H and O–H groups in total. The van der Waals surface area contributed by atoms with E-state index in [9.17, 15) is 10.1 Å². The lowest BCUT2D eigenvalue weighted by molar-refractivity contribution is -0.386. The minimum Gasteiger partial charge on any atom is -0.490 e. The molecule has 0 aromatic heterocycles. The molecule has 0 aliphatic carbocycles. The molecule has 0 heterocycles. The van der Waals surface area contributed by atoms with Crippen LogP contribution in [-0.4, -0.2) is 31.3 Å². The van der Waals surface area contributed by atoms with Crippen LogP contribution >= 0.6 is 9.03 Å². The van der Waals surface area contributed by atoms with Crippen molar-refractivity contribution < 1.29 is 23.4 Å². The van der Waals surface area contributed by atoms with Gasteiger partial charge in [-0.05, 0) is 24.3 Å². The average molecular weight is 483 g/mol. The Morgan fingerprint density at radius 2 is 1.61 bits per heavy atom. The highest BCUT2D eigenvalue weighted by atomic mass is 31.1. The van der Waals surface area contributed by atoms with Gasteiger partial charge in [0.2, 0.25) is 6.54 Å². The van der Waals surface area contributed by atoms with E-state index in [4.69, 9.17) is 25.1 Å². The monoisotopic (exact) mass is 482 g/mol. The zero-order chi connectivity index (χ0) is 24.7. The Morgan fingerprint density at radius 3 is 2.09 bits per heavy atom. The van der Waals surface area contributed by atoms with E-state index < -0.39 is 16.4 Å². The second kappa shape index (κ2) is 15.8. The number of nitro benzene ring substituents is 1. The highest BCUT2D eigenvalue weighted by molar-refractivity contribution is 7.26. The maximum absolute atomic E-state index is 12.0. The standard InChI is InChI=1S/C24H39N2O6P/c1-7-9-11-14-29-21-17-19(23(24(3,4)5)32-33-31-16-13-25-6)20(26(27)28)18-22(21)30-15-12-10-8-2/h17-18,23,33H,7-16H2,1-5H3. The first-order valence-electron chi connectivity index (χ1n) is 11.7. The lowest BCUT2D eigenvalue weighted by atomic mass is 9.84. The molecule has 0 saturated carbocycles. The summed E-state index contributed by atoms with van der Waals surface area (Å²) < 4.78 is 23.3. The van der Waals surface area contributed by atoms with Gasteiger partial charge in [0, 0.05) is 0 Å². The number of hydrogen-bond donors (Lipinski definition) is 0. The van der Waals surface area contributed by atoms with Gasteiger partial charge in [-0.25, -0.2) is 6.57 Å². The molecule has 9 heteroatoms. The maximum atomic E-state index is 12.0. The molecule has 8 nitrogen and oxygen atoms in total. The van der Waals surface area contributed by atoms with Crippen molar-refractivity contribution in [3.8, 4) is 11.5 Å². The van der Waals surface area contributed by atoms with Crippen LogP contribution in [0.25, 0.3) is 4.85 Å². The van der Waals surface area contributed by atoms with Gasteiger partial charge in [0.15, 0.2) is 20.5 Å². The van der Waals surface area contributed by atoms with E-state index in [0.29, 0.717) is 30.3 Å². The minimum absolute atomic E-state index is 0.0627. The summed E-state index contributed by atoms with van der Waals surface area (Å²) in [6, 6.07) is 3.15. The van der Waals surface area contributed by atoms with Gasteiger partial charge < -0.3 is 23.4 Å². The van der Waals surface area contributed by atoms with Crippen molar-refractivity contribution in [1.82, 2.24) is 0 Å². The van der Waals surface area contributed by atoms with Crippen LogP contribution in [-0.2, 0) is 9.05 Å². The van der Waals surface area contributed by atoms with E-state index in [2.05, 4.69) is 18.7 Å². The van der Waals surface area contributed by atoms with Crippen molar-refractivity contribution in [1.29, 1.82) is 0 Å². The van der Waals surface area contributed by atoms with E-state index in [0.717, 1.165) is 38.5 Å². The molecule has 186 valence electrons. The average Bonchev–Trinajstić information content (AvgIpc) is 2.76. The Hall–Kier alpha value is -1.94. The van der Waals surface area contributed by atoms with Crippen LogP contribution in [0.1, 0.15) is 84.8 Å². The summed E-state index contributed by atoms with van der Waals surface area (Å²) in [7, 11) is -0.332. The fraction of sp³-hybridized carbons (Fsp3) is 0.708. The quantitative estimate of drug-likeness (QED) is 0.0762. The van der Waals surface area contributed by atoms with Gasteiger partial charge >= 0.3 is 0 Å². The molecule has 1 rings (SSSR count). The first kappa shape index (κ1) is 29.1. The third kappa shape index (κ3) is 10.7. The van der Waals surface area contributed by atoms with Gasteiger partial charge in [0.25, 0.3) is 5.69 Å². The van der Waals surface area contributed by atoms with E-state index >= 15 is 0 Å². The van der Waals surface area contributed by atoms with Crippen LogP contribution in [0.5, 0.6) is 11.5 Å². The summed E-state index contributed by atoms with van der Waals surface area (Å²) in [6.45, 7) is 18.4. The van der Waals surface area contributed by atoms with Gasteiger partial charge in [0.05, 0.1) is 29.8 Å². The molecule has 0 spiro atoms. The second-order valence-corrected chi connectivity index (χ2v) is 9.59. The molecule has 0 bridgehead atoms. The number of nitro groups is 1. The maximum Gasteiger partial charge on any atom is 0.279 e. The minimum atomic E-state index is -0.601. The molecule has 0 saturated heterocycles. The number of hydrogen-bond acceptors (Lipinski definition) is 6. The lowest BCUT2D eigenvalue weighted by Gasteiger charge is -2.30. The van der Waals surface area contributed by atoms with Crippen molar-refractivity contribution in [3.05, 3.63) is 39.2 Å². The van der Waals surface area contributed by atoms with E-state index in [1.165, 1.54) is 6.07 Å². The topological polar surface area (TPSA) is 84.4 Å². The summed E-state index contributed by atoms with van der Waals surface area (Å²) >= 11 is 0. The SMILES string of the molecule is [C-]#[N+]CCOPOC(c1cc(OCCCCC)c(OCCCCC)cc1[N+](=O)[O-])C(C)(C)C. The van der Waals surface area contributed by atoms with E-state index in [1.807, 2.05) is 20.8 Å². The molecule has 1 aromatic rings. The zero-order valence-electron chi connectivity index (χ0n) is 20.6. The van der Waals surface area contributed by atoms with Crippen molar-refractivity contribution in [2.45, 2.75) is 79.2 Å². The fourth-order valence-electron chi connectivity index (χ4n) is 3.15. The number of unbranched alkanes of at least 4 members (excludes halogenated alkanes) is 4. The number of rotatable bonds is 17. The fourth-order valence-corrected chi connectivity index (χ4v) is 3.97. The summed E-state index contributed by atoms with van der Waals surface area (Å²) in [4.78, 5) is 14.8. The molecule has 0 fully saturated rings. The first-order valence-corrected chi connectivity index (χ1v) is 12.5. The normalized spacial score (nSPS) is 12.6. The largest absolute Gasteiger partial charge is 0.490 e. The van der Waals surface area contributed by atoms with E-state index in [-0.39, 0.29) is 27.9 Å². The van der Waals surface area contributed by atoms with Crippen LogP contribution in [0.2, 0.25) is 0 Å². The Labute approximate surface area is 200 Å². The number of benzene rings is 1. The lowest BCUT2D eigenvalue weighted by Crippen LogP contribution is -2.21. The van der Waals surface area contributed by atoms with Crippen LogP contribution in [0.4, 0.5) is 5.69 Å². The third-order valence-corrected chi connectivity index (χ3v) is 5.55. The summed E-state index contributed by atoms with van der Waals surface area (Å²) in [5.41, 5.74) is -0.0726. The van der Waals surface area contributed by atoms with Crippen LogP contribution < -0.4 is 9.47 Å².